The fraction of sp³-hybridized carbons (Fsp3) is 0.273. The lowest BCUT2D eigenvalue weighted by molar-refractivity contribution is 0.271. The Hall–Kier alpha value is -3.64. The molecule has 0 spiro atoms. The second-order valence-corrected chi connectivity index (χ2v) is 8.83. The van der Waals surface area contributed by atoms with Gasteiger partial charge in [-0.25, -0.2) is 27.6 Å². The Morgan fingerprint density at radius 2 is 1.73 bits per heavy atom. The number of halogens is 1. The summed E-state index contributed by atoms with van der Waals surface area (Å²) in [6, 6.07) is 17.0. The minimum Gasteiger partial charge on any atom is -0.294 e. The summed E-state index contributed by atoms with van der Waals surface area (Å²) in [6.45, 7) is 1.16. The van der Waals surface area contributed by atoms with E-state index in [0.717, 1.165) is 11.6 Å². The first-order chi connectivity index (χ1) is 15.8. The summed E-state index contributed by atoms with van der Waals surface area (Å²) >= 11 is 0. The number of aromatic nitrogens is 3. The first kappa shape index (κ1) is 24.0. The lowest BCUT2D eigenvalue weighted by atomic mass is 10.1. The highest BCUT2D eigenvalue weighted by molar-refractivity contribution is 7.89. The number of rotatable bonds is 10. The normalized spacial score (nSPS) is 11.3. The van der Waals surface area contributed by atoms with Crippen molar-refractivity contribution in [3.63, 3.8) is 0 Å². The van der Waals surface area contributed by atoms with E-state index in [1.54, 1.807) is 0 Å². The average Bonchev–Trinajstić information content (AvgIpc) is 3.17. The molecule has 1 aromatic heterocycles. The monoisotopic (exact) mass is 467 g/mol. The molecule has 170 valence electrons. The standard InChI is InChI=1S/C22H22FN7O2S/c23-19-15-18(33(26,31)32)8-9-20(19)30-22(14-17-6-2-1-3-7-17)27-21(28-30)16-29(12-4-10-24)13-5-11-25/h1-3,6-9,15H,4-5,12-14,16H2,(H2,26,31,32). The number of nitrogens with two attached hydrogens (primary N) is 1. The van der Waals surface area contributed by atoms with E-state index in [4.69, 9.17) is 15.7 Å². The van der Waals surface area contributed by atoms with Crippen molar-refractivity contribution in [1.29, 1.82) is 10.5 Å². The minimum absolute atomic E-state index is 0.0349. The van der Waals surface area contributed by atoms with E-state index < -0.39 is 15.8 Å². The lowest BCUT2D eigenvalue weighted by Gasteiger charge is -2.17. The third-order valence-corrected chi connectivity index (χ3v) is 5.75. The second kappa shape index (κ2) is 10.8. The Labute approximate surface area is 191 Å². The Bertz CT molecular complexity index is 1280. The molecule has 33 heavy (non-hydrogen) atoms. The maximum Gasteiger partial charge on any atom is 0.238 e. The number of hydrogen-bond acceptors (Lipinski definition) is 7. The van der Waals surface area contributed by atoms with E-state index in [1.807, 2.05) is 35.2 Å². The van der Waals surface area contributed by atoms with Crippen LogP contribution in [0.25, 0.3) is 5.69 Å². The molecule has 0 bridgehead atoms. The van der Waals surface area contributed by atoms with Gasteiger partial charge in [0, 0.05) is 32.4 Å². The van der Waals surface area contributed by atoms with Crippen molar-refractivity contribution >= 4 is 10.0 Å². The molecule has 11 heteroatoms. The molecule has 0 amide bonds. The topological polar surface area (TPSA) is 142 Å². The van der Waals surface area contributed by atoms with Gasteiger partial charge in [-0.3, -0.25) is 4.90 Å². The van der Waals surface area contributed by atoms with Crippen LogP contribution in [-0.2, 0) is 23.0 Å². The number of nitriles is 2. The summed E-state index contributed by atoms with van der Waals surface area (Å²) < 4.78 is 39.4. The van der Waals surface area contributed by atoms with Gasteiger partial charge >= 0.3 is 0 Å². The van der Waals surface area contributed by atoms with Gasteiger partial charge < -0.3 is 0 Å². The van der Waals surface area contributed by atoms with E-state index in [9.17, 15) is 12.8 Å². The SMILES string of the molecule is N#CCCN(CCC#N)Cc1nc(Cc2ccccc2)n(-c2ccc(S(N)(=O)=O)cc2F)n1. The Morgan fingerprint density at radius 1 is 1.06 bits per heavy atom. The molecule has 0 saturated carbocycles. The summed E-state index contributed by atoms with van der Waals surface area (Å²) in [7, 11) is -4.06. The number of hydrogen-bond donors (Lipinski definition) is 1. The molecule has 9 nitrogen and oxygen atoms in total. The van der Waals surface area contributed by atoms with Crippen molar-refractivity contribution in [3.05, 3.63) is 71.6 Å². The third kappa shape index (κ3) is 6.43. The first-order valence-corrected chi connectivity index (χ1v) is 11.6. The van der Waals surface area contributed by atoms with Crippen LogP contribution in [0.4, 0.5) is 4.39 Å². The molecule has 0 atom stereocenters. The summed E-state index contributed by atoms with van der Waals surface area (Å²) in [5.74, 6) is 0.0452. The van der Waals surface area contributed by atoms with Gasteiger partial charge in [-0.15, -0.1) is 5.10 Å². The number of primary sulfonamides is 1. The molecule has 0 saturated heterocycles. The Balaban J connectivity index is 2.00. The zero-order chi connectivity index (χ0) is 23.8. The maximum absolute atomic E-state index is 14.9. The highest BCUT2D eigenvalue weighted by Gasteiger charge is 2.19. The number of sulfonamides is 1. The van der Waals surface area contributed by atoms with Crippen molar-refractivity contribution in [3.8, 4) is 17.8 Å². The molecule has 0 fully saturated rings. The van der Waals surface area contributed by atoms with Crippen molar-refractivity contribution in [1.82, 2.24) is 19.7 Å². The highest BCUT2D eigenvalue weighted by Crippen LogP contribution is 2.20. The van der Waals surface area contributed by atoms with E-state index in [1.165, 1.54) is 16.8 Å². The van der Waals surface area contributed by atoms with Gasteiger partial charge in [-0.05, 0) is 23.8 Å². The molecular weight excluding hydrogens is 445 g/mol. The van der Waals surface area contributed by atoms with Crippen LogP contribution in [0.5, 0.6) is 0 Å². The molecule has 0 unspecified atom stereocenters. The third-order valence-electron chi connectivity index (χ3n) is 4.84. The summed E-state index contributed by atoms with van der Waals surface area (Å²) in [6.07, 6.45) is 0.930. The fourth-order valence-corrected chi connectivity index (χ4v) is 3.79. The predicted molar refractivity (Wildman–Crippen MR) is 118 cm³/mol. The van der Waals surface area contributed by atoms with Crippen LogP contribution in [0.3, 0.4) is 0 Å². The quantitative estimate of drug-likeness (QED) is 0.482. The molecule has 0 aliphatic carbocycles. The van der Waals surface area contributed by atoms with Crippen LogP contribution in [0.1, 0.15) is 30.1 Å². The van der Waals surface area contributed by atoms with Gasteiger partial charge in [0.2, 0.25) is 10.0 Å². The van der Waals surface area contributed by atoms with Crippen LogP contribution >= 0.6 is 0 Å². The molecule has 2 N–H and O–H groups in total. The number of nitrogens with zero attached hydrogens (tertiary/aromatic N) is 6. The van der Waals surface area contributed by atoms with Gasteiger partial charge in [0.1, 0.15) is 17.3 Å². The van der Waals surface area contributed by atoms with E-state index in [0.29, 0.717) is 31.2 Å². The van der Waals surface area contributed by atoms with Crippen molar-refractivity contribution in [2.24, 2.45) is 5.14 Å². The van der Waals surface area contributed by atoms with Gasteiger partial charge in [-0.1, -0.05) is 30.3 Å². The summed E-state index contributed by atoms with van der Waals surface area (Å²) in [4.78, 5) is 6.13. The largest absolute Gasteiger partial charge is 0.294 e. The van der Waals surface area contributed by atoms with E-state index in [-0.39, 0.29) is 30.0 Å². The number of benzene rings is 2. The lowest BCUT2D eigenvalue weighted by Crippen LogP contribution is -2.26. The van der Waals surface area contributed by atoms with Gasteiger partial charge in [0.05, 0.1) is 23.6 Å². The van der Waals surface area contributed by atoms with Crippen LogP contribution in [0.15, 0.2) is 53.4 Å². The predicted octanol–water partition coefficient (Wildman–Crippen LogP) is 2.27. The van der Waals surface area contributed by atoms with Crippen LogP contribution in [0.2, 0.25) is 0 Å². The molecule has 3 aromatic rings. The fourth-order valence-electron chi connectivity index (χ4n) is 3.27. The molecule has 2 aromatic carbocycles. The first-order valence-electron chi connectivity index (χ1n) is 10.1. The van der Waals surface area contributed by atoms with Crippen molar-refractivity contribution in [2.75, 3.05) is 13.1 Å². The van der Waals surface area contributed by atoms with Gasteiger partial charge in [-0.2, -0.15) is 10.5 Å². The zero-order valence-corrected chi connectivity index (χ0v) is 18.5. The van der Waals surface area contributed by atoms with Crippen molar-refractivity contribution < 1.29 is 12.8 Å². The molecule has 3 rings (SSSR count). The summed E-state index contributed by atoms with van der Waals surface area (Å²) in [5, 5.41) is 27.4. The average molecular weight is 468 g/mol. The summed E-state index contributed by atoms with van der Waals surface area (Å²) in [5.41, 5.74) is 0.970. The van der Waals surface area contributed by atoms with E-state index in [2.05, 4.69) is 22.2 Å². The zero-order valence-electron chi connectivity index (χ0n) is 17.7. The Kier molecular flexibility index (Phi) is 7.85. The van der Waals surface area contributed by atoms with E-state index >= 15 is 0 Å². The molecule has 0 radical (unpaired) electrons. The highest BCUT2D eigenvalue weighted by atomic mass is 32.2. The van der Waals surface area contributed by atoms with Gasteiger partial charge in [0.25, 0.3) is 0 Å². The van der Waals surface area contributed by atoms with Gasteiger partial charge in [0.15, 0.2) is 5.82 Å². The minimum atomic E-state index is -4.06. The Morgan fingerprint density at radius 3 is 2.30 bits per heavy atom. The van der Waals surface area contributed by atoms with Crippen molar-refractivity contribution in [2.45, 2.75) is 30.7 Å². The van der Waals surface area contributed by atoms with Crippen LogP contribution in [-0.4, -0.2) is 41.2 Å². The maximum atomic E-state index is 14.9. The molecule has 0 aliphatic heterocycles. The van der Waals surface area contributed by atoms with Crippen LogP contribution in [0, 0.1) is 28.5 Å². The second-order valence-electron chi connectivity index (χ2n) is 7.27. The molecule has 1 heterocycles. The molecule has 0 aliphatic rings. The smallest absolute Gasteiger partial charge is 0.238 e. The molecular formula is C22H22FN7O2S. The van der Waals surface area contributed by atoms with Crippen LogP contribution < -0.4 is 5.14 Å².